The summed E-state index contributed by atoms with van der Waals surface area (Å²) in [6.07, 6.45) is -1.93. The van der Waals surface area contributed by atoms with E-state index in [0.717, 1.165) is 0 Å². The number of aliphatic hydroxyl groups excluding tert-OH is 1. The average Bonchev–Trinajstić information content (AvgIpc) is 3.46. The predicted octanol–water partition coefficient (Wildman–Crippen LogP) is 2.96. The summed E-state index contributed by atoms with van der Waals surface area (Å²) >= 11 is 0. The summed E-state index contributed by atoms with van der Waals surface area (Å²) in [5, 5.41) is 25.3. The fourth-order valence-corrected chi connectivity index (χ4v) is 8.23. The smallest absolute Gasteiger partial charge is 0.338 e. The monoisotopic (exact) mass is 598 g/mol. The van der Waals surface area contributed by atoms with Crippen molar-refractivity contribution in [3.05, 3.63) is 59.5 Å². The standard InChI is InChI=1S/C32H38O11/c1-17(33)41-16-31(4)23(43-28(36)19-9-7-6-8-10-19)11-13-30(3)21-15-22-20(12-14-40-22)24(29(37)39-5)25(21)26(42-18(2)34)27(35)32(30,31)38/h6-10,12,14,21,23-27,35,38H,11,13,15-16H2,1-5H3/t21-,23-,24+,25+,26+,27+,30+,31-,32-/m0/s1. The minimum atomic E-state index is -2.15. The fraction of sp³-hybridized carbons (Fsp3) is 0.562. The van der Waals surface area contributed by atoms with Crippen molar-refractivity contribution in [1.82, 2.24) is 0 Å². The Labute approximate surface area is 249 Å². The lowest BCUT2D eigenvalue weighted by molar-refractivity contribution is -0.339. The van der Waals surface area contributed by atoms with Crippen LogP contribution in [0.3, 0.4) is 0 Å². The van der Waals surface area contributed by atoms with Crippen LogP contribution < -0.4 is 0 Å². The van der Waals surface area contributed by atoms with E-state index in [9.17, 15) is 29.4 Å². The third kappa shape index (κ3) is 4.64. The van der Waals surface area contributed by atoms with Crippen LogP contribution >= 0.6 is 0 Å². The summed E-state index contributed by atoms with van der Waals surface area (Å²) in [4.78, 5) is 51.1. The molecular formula is C32H38O11. The van der Waals surface area contributed by atoms with Crippen LogP contribution in [0.1, 0.15) is 68.1 Å². The van der Waals surface area contributed by atoms with E-state index in [4.69, 9.17) is 23.4 Å². The van der Waals surface area contributed by atoms with Crippen molar-refractivity contribution >= 4 is 23.9 Å². The number of hydrogen-bond donors (Lipinski definition) is 2. The Morgan fingerprint density at radius 3 is 2.35 bits per heavy atom. The molecule has 0 amide bonds. The Balaban J connectivity index is 1.67. The van der Waals surface area contributed by atoms with E-state index in [1.165, 1.54) is 27.2 Å². The summed E-state index contributed by atoms with van der Waals surface area (Å²) < 4.78 is 28.2. The number of methoxy groups -OCH3 is 1. The third-order valence-electron chi connectivity index (χ3n) is 10.3. The van der Waals surface area contributed by atoms with Gasteiger partial charge in [-0.15, -0.1) is 0 Å². The lowest BCUT2D eigenvalue weighted by atomic mass is 9.39. The average molecular weight is 599 g/mol. The number of furan rings is 1. The van der Waals surface area contributed by atoms with Gasteiger partial charge < -0.3 is 33.6 Å². The molecule has 1 aromatic carbocycles. The van der Waals surface area contributed by atoms with Crippen LogP contribution in [0, 0.1) is 22.7 Å². The molecule has 5 rings (SSSR count). The van der Waals surface area contributed by atoms with Gasteiger partial charge in [0.25, 0.3) is 0 Å². The highest BCUT2D eigenvalue weighted by Gasteiger charge is 2.77. The van der Waals surface area contributed by atoms with Crippen molar-refractivity contribution in [2.75, 3.05) is 13.7 Å². The molecule has 9 atom stereocenters. The number of fused-ring (bicyclic) bond motifs is 4. The number of hydrogen-bond acceptors (Lipinski definition) is 11. The van der Waals surface area contributed by atoms with Crippen LogP contribution in [0.25, 0.3) is 0 Å². The fourth-order valence-electron chi connectivity index (χ4n) is 8.23. The summed E-state index contributed by atoms with van der Waals surface area (Å²) in [6, 6.07) is 10.0. The second-order valence-electron chi connectivity index (χ2n) is 12.4. The van der Waals surface area contributed by atoms with Crippen LogP contribution in [-0.2, 0) is 39.8 Å². The van der Waals surface area contributed by atoms with Crippen LogP contribution in [-0.4, -0.2) is 71.7 Å². The maximum Gasteiger partial charge on any atom is 0.338 e. The Hall–Kier alpha value is -3.70. The molecule has 232 valence electrons. The van der Waals surface area contributed by atoms with Crippen molar-refractivity contribution < 1.29 is 52.8 Å². The van der Waals surface area contributed by atoms with E-state index >= 15 is 0 Å². The van der Waals surface area contributed by atoms with Gasteiger partial charge in [-0.05, 0) is 43.9 Å². The molecule has 1 heterocycles. The van der Waals surface area contributed by atoms with E-state index < -0.39 is 83.0 Å². The molecule has 2 aromatic rings. The van der Waals surface area contributed by atoms with E-state index in [-0.39, 0.29) is 19.3 Å². The van der Waals surface area contributed by atoms with Crippen LogP contribution in [0.4, 0.5) is 0 Å². The van der Waals surface area contributed by atoms with Crippen molar-refractivity contribution in [1.29, 1.82) is 0 Å². The van der Waals surface area contributed by atoms with Gasteiger partial charge in [0.05, 0.1) is 30.3 Å². The summed E-state index contributed by atoms with van der Waals surface area (Å²) in [5.74, 6) is -4.38. The number of carbonyl (C=O) groups excluding carboxylic acids is 4. The maximum absolute atomic E-state index is 13.3. The zero-order valence-electron chi connectivity index (χ0n) is 24.9. The largest absolute Gasteiger partial charge is 0.469 e. The molecule has 2 saturated carbocycles. The molecule has 2 N–H and O–H groups in total. The molecule has 0 bridgehead atoms. The minimum absolute atomic E-state index is 0.247. The predicted molar refractivity (Wildman–Crippen MR) is 148 cm³/mol. The molecule has 0 unspecified atom stereocenters. The molecule has 0 saturated heterocycles. The van der Waals surface area contributed by atoms with E-state index in [0.29, 0.717) is 16.9 Å². The molecule has 3 aliphatic carbocycles. The van der Waals surface area contributed by atoms with Gasteiger partial charge in [-0.2, -0.15) is 0 Å². The summed E-state index contributed by atoms with van der Waals surface area (Å²) in [5.41, 5.74) is -4.04. The first-order chi connectivity index (χ1) is 20.3. The number of ether oxygens (including phenoxy) is 4. The van der Waals surface area contributed by atoms with Crippen molar-refractivity contribution in [2.24, 2.45) is 22.7 Å². The number of esters is 4. The molecule has 2 fully saturated rings. The highest BCUT2D eigenvalue weighted by molar-refractivity contribution is 5.89. The first kappa shape index (κ1) is 30.7. The third-order valence-corrected chi connectivity index (χ3v) is 10.3. The van der Waals surface area contributed by atoms with Gasteiger partial charge in [-0.1, -0.05) is 25.1 Å². The number of carbonyl (C=O) groups is 4. The number of benzene rings is 1. The van der Waals surface area contributed by atoms with Crippen LogP contribution in [0.5, 0.6) is 0 Å². The van der Waals surface area contributed by atoms with Gasteiger partial charge in [-0.25, -0.2) is 4.79 Å². The highest BCUT2D eigenvalue weighted by atomic mass is 16.6. The molecule has 0 aliphatic heterocycles. The molecular weight excluding hydrogens is 560 g/mol. The number of rotatable bonds is 6. The van der Waals surface area contributed by atoms with E-state index in [1.54, 1.807) is 50.2 Å². The van der Waals surface area contributed by atoms with E-state index in [1.807, 2.05) is 0 Å². The quantitative estimate of drug-likeness (QED) is 0.372. The van der Waals surface area contributed by atoms with Gasteiger partial charge in [0.2, 0.25) is 0 Å². The Morgan fingerprint density at radius 1 is 1.02 bits per heavy atom. The van der Waals surface area contributed by atoms with Crippen LogP contribution in [0.15, 0.2) is 47.1 Å². The zero-order valence-corrected chi connectivity index (χ0v) is 24.9. The topological polar surface area (TPSA) is 159 Å². The van der Waals surface area contributed by atoms with Gasteiger partial charge in [0.1, 0.15) is 36.3 Å². The second-order valence-corrected chi connectivity index (χ2v) is 12.4. The van der Waals surface area contributed by atoms with Crippen molar-refractivity contribution in [2.45, 2.75) is 76.8 Å². The molecule has 3 aliphatic rings. The highest BCUT2D eigenvalue weighted by Crippen LogP contribution is 2.68. The maximum atomic E-state index is 13.3. The Bertz CT molecular complexity index is 1400. The first-order valence-corrected chi connectivity index (χ1v) is 14.4. The lowest BCUT2D eigenvalue weighted by Gasteiger charge is -2.69. The lowest BCUT2D eigenvalue weighted by Crippen LogP contribution is -2.80. The second kappa shape index (κ2) is 11.1. The Morgan fingerprint density at radius 2 is 1.72 bits per heavy atom. The molecule has 0 radical (unpaired) electrons. The Kier molecular flexibility index (Phi) is 7.93. The molecule has 11 heteroatoms. The summed E-state index contributed by atoms with van der Waals surface area (Å²) in [7, 11) is 1.26. The van der Waals surface area contributed by atoms with Crippen molar-refractivity contribution in [3.8, 4) is 0 Å². The van der Waals surface area contributed by atoms with E-state index in [2.05, 4.69) is 0 Å². The first-order valence-electron chi connectivity index (χ1n) is 14.4. The minimum Gasteiger partial charge on any atom is -0.469 e. The molecule has 0 spiro atoms. The van der Waals surface area contributed by atoms with Crippen LogP contribution in [0.2, 0.25) is 0 Å². The molecule has 11 nitrogen and oxygen atoms in total. The molecule has 1 aromatic heterocycles. The SMILES string of the molecule is COC(=O)[C@@H]1c2ccoc2C[C@H]2[C@H]1[C@@H](OC(C)=O)[C@@H](O)[C@@]1(O)[C@@](C)(COC(C)=O)[C@@H](OC(=O)c3ccccc3)CC[C@]21C. The normalized spacial score (nSPS) is 36.3. The van der Waals surface area contributed by atoms with Crippen molar-refractivity contribution in [3.63, 3.8) is 0 Å². The summed E-state index contributed by atoms with van der Waals surface area (Å²) in [6.45, 7) is 5.40. The van der Waals surface area contributed by atoms with Gasteiger partial charge in [0, 0.05) is 37.2 Å². The van der Waals surface area contributed by atoms with Gasteiger partial charge >= 0.3 is 23.9 Å². The molecule has 43 heavy (non-hydrogen) atoms. The van der Waals surface area contributed by atoms with Gasteiger partial charge in [-0.3, -0.25) is 14.4 Å². The zero-order chi connectivity index (χ0) is 31.3. The number of aliphatic hydroxyl groups is 2. The van der Waals surface area contributed by atoms with Gasteiger partial charge in [0.15, 0.2) is 0 Å².